The average Bonchev–Trinajstić information content (AvgIpc) is 2.07. The molecule has 0 aromatic heterocycles. The first-order valence-corrected chi connectivity index (χ1v) is 4.43. The maximum Gasteiger partial charge on any atom is 0.123 e. The van der Waals surface area contributed by atoms with E-state index in [1.54, 1.807) is 0 Å². The van der Waals surface area contributed by atoms with Gasteiger partial charge in [0.15, 0.2) is 0 Å². The van der Waals surface area contributed by atoms with Gasteiger partial charge < -0.3 is 9.90 Å². The van der Waals surface area contributed by atoms with E-state index in [0.717, 1.165) is 38.4 Å². The van der Waals surface area contributed by atoms with Crippen molar-refractivity contribution in [1.29, 1.82) is 0 Å². The normalized spacial score (nSPS) is 31.7. The Kier molecular flexibility index (Phi) is 3.57. The van der Waals surface area contributed by atoms with Gasteiger partial charge in [-0.25, -0.2) is 0 Å². The van der Waals surface area contributed by atoms with E-state index in [1.165, 1.54) is 0 Å². The van der Waals surface area contributed by atoms with Crippen LogP contribution in [0.25, 0.3) is 0 Å². The number of hydrogen-bond donors (Lipinski definition) is 1. The van der Waals surface area contributed by atoms with Gasteiger partial charge in [-0.15, -0.1) is 0 Å². The third-order valence-electron chi connectivity index (χ3n) is 2.62. The zero-order valence-electron chi connectivity index (χ0n) is 6.83. The lowest BCUT2D eigenvalue weighted by Gasteiger charge is -2.24. The Labute approximate surface area is 67.6 Å². The Bertz CT molecular complexity index is 115. The molecule has 0 heterocycles. The van der Waals surface area contributed by atoms with Crippen LogP contribution in [0.3, 0.4) is 0 Å². The van der Waals surface area contributed by atoms with Crippen LogP contribution < -0.4 is 0 Å². The summed E-state index contributed by atoms with van der Waals surface area (Å²) in [5, 5.41) is 8.67. The minimum absolute atomic E-state index is 0.302. The van der Waals surface area contributed by atoms with E-state index in [-0.39, 0.29) is 0 Å². The van der Waals surface area contributed by atoms with Crippen LogP contribution in [0.1, 0.15) is 32.1 Å². The zero-order valence-corrected chi connectivity index (χ0v) is 6.83. The molecule has 2 nitrogen and oxygen atoms in total. The van der Waals surface area contributed by atoms with Gasteiger partial charge in [-0.2, -0.15) is 0 Å². The van der Waals surface area contributed by atoms with Gasteiger partial charge in [-0.3, -0.25) is 0 Å². The molecule has 1 saturated carbocycles. The Morgan fingerprint density at radius 2 is 1.91 bits per heavy atom. The van der Waals surface area contributed by atoms with Gasteiger partial charge in [0.1, 0.15) is 6.29 Å². The molecule has 0 atom stereocenters. The SMILES string of the molecule is O=CC1CCC(CCO)CC1. The van der Waals surface area contributed by atoms with Crippen LogP contribution in [0.15, 0.2) is 0 Å². The molecule has 64 valence electrons. The third-order valence-corrected chi connectivity index (χ3v) is 2.62. The third kappa shape index (κ3) is 2.62. The number of hydrogen-bond acceptors (Lipinski definition) is 2. The van der Waals surface area contributed by atoms with Gasteiger partial charge in [0, 0.05) is 12.5 Å². The topological polar surface area (TPSA) is 37.3 Å². The second-order valence-corrected chi connectivity index (χ2v) is 3.43. The first-order chi connectivity index (χ1) is 5.36. The summed E-state index contributed by atoms with van der Waals surface area (Å²) in [6.07, 6.45) is 6.33. The highest BCUT2D eigenvalue weighted by Crippen LogP contribution is 2.29. The second-order valence-electron chi connectivity index (χ2n) is 3.43. The number of aliphatic hydroxyl groups excluding tert-OH is 1. The lowest BCUT2D eigenvalue weighted by molar-refractivity contribution is -0.112. The standard InChI is InChI=1S/C9H16O2/c10-6-5-8-1-3-9(7-11)4-2-8/h7-10H,1-6H2. The van der Waals surface area contributed by atoms with E-state index in [0.29, 0.717) is 18.4 Å². The molecule has 0 amide bonds. The molecule has 0 aromatic carbocycles. The predicted octanol–water partition coefficient (Wildman–Crippen LogP) is 1.37. The van der Waals surface area contributed by atoms with Crippen molar-refractivity contribution >= 4 is 6.29 Å². The predicted molar refractivity (Wildman–Crippen MR) is 43.2 cm³/mol. The van der Waals surface area contributed by atoms with Gasteiger partial charge >= 0.3 is 0 Å². The quantitative estimate of drug-likeness (QED) is 0.627. The summed E-state index contributed by atoms with van der Waals surface area (Å²) in [6, 6.07) is 0. The molecule has 0 aromatic rings. The van der Waals surface area contributed by atoms with Crippen LogP contribution in [0, 0.1) is 11.8 Å². The molecular weight excluding hydrogens is 140 g/mol. The largest absolute Gasteiger partial charge is 0.396 e. The molecule has 0 aliphatic heterocycles. The van der Waals surface area contributed by atoms with Crippen LogP contribution in [0.5, 0.6) is 0 Å². The van der Waals surface area contributed by atoms with E-state index in [4.69, 9.17) is 5.11 Å². The highest BCUT2D eigenvalue weighted by molar-refractivity contribution is 5.53. The van der Waals surface area contributed by atoms with Crippen LogP contribution >= 0.6 is 0 Å². The monoisotopic (exact) mass is 156 g/mol. The summed E-state index contributed by atoms with van der Waals surface area (Å²) in [5.74, 6) is 0.987. The fourth-order valence-electron chi connectivity index (χ4n) is 1.80. The molecule has 0 bridgehead atoms. The molecule has 0 radical (unpaired) electrons. The first-order valence-electron chi connectivity index (χ1n) is 4.43. The maximum absolute atomic E-state index is 10.4. The summed E-state index contributed by atoms with van der Waals surface area (Å²) in [5.41, 5.74) is 0. The molecule has 0 spiro atoms. The van der Waals surface area contributed by atoms with Crippen LogP contribution in [0.2, 0.25) is 0 Å². The zero-order chi connectivity index (χ0) is 8.10. The van der Waals surface area contributed by atoms with Gasteiger partial charge in [-0.1, -0.05) is 0 Å². The van der Waals surface area contributed by atoms with Crippen molar-refractivity contribution < 1.29 is 9.90 Å². The number of aldehydes is 1. The van der Waals surface area contributed by atoms with Crippen molar-refractivity contribution in [2.75, 3.05) is 6.61 Å². The summed E-state index contributed by atoms with van der Waals surface area (Å²) < 4.78 is 0. The average molecular weight is 156 g/mol. The molecule has 11 heavy (non-hydrogen) atoms. The van der Waals surface area contributed by atoms with Crippen molar-refractivity contribution in [3.63, 3.8) is 0 Å². The van der Waals surface area contributed by atoms with E-state index >= 15 is 0 Å². The Morgan fingerprint density at radius 1 is 1.27 bits per heavy atom. The number of carbonyl (C=O) groups excluding carboxylic acids is 1. The molecule has 1 fully saturated rings. The van der Waals surface area contributed by atoms with Crippen molar-refractivity contribution in [2.24, 2.45) is 11.8 Å². The van der Waals surface area contributed by atoms with Gasteiger partial charge in [0.2, 0.25) is 0 Å². The summed E-state index contributed by atoms with van der Waals surface area (Å²) in [4.78, 5) is 10.4. The van der Waals surface area contributed by atoms with Crippen molar-refractivity contribution in [1.82, 2.24) is 0 Å². The lowest BCUT2D eigenvalue weighted by Crippen LogP contribution is -2.16. The maximum atomic E-state index is 10.4. The number of carbonyl (C=O) groups is 1. The fourth-order valence-corrected chi connectivity index (χ4v) is 1.80. The summed E-state index contributed by atoms with van der Waals surface area (Å²) >= 11 is 0. The smallest absolute Gasteiger partial charge is 0.123 e. The molecule has 0 saturated heterocycles. The highest BCUT2D eigenvalue weighted by atomic mass is 16.3. The summed E-state index contributed by atoms with van der Waals surface area (Å²) in [7, 11) is 0. The Morgan fingerprint density at radius 3 is 2.36 bits per heavy atom. The van der Waals surface area contributed by atoms with E-state index in [1.807, 2.05) is 0 Å². The van der Waals surface area contributed by atoms with Crippen LogP contribution in [-0.4, -0.2) is 18.0 Å². The first kappa shape index (κ1) is 8.72. The lowest BCUT2D eigenvalue weighted by atomic mass is 9.81. The molecule has 1 N–H and O–H groups in total. The minimum atomic E-state index is 0.302. The Balaban J connectivity index is 2.18. The molecule has 1 rings (SSSR count). The van der Waals surface area contributed by atoms with Crippen LogP contribution in [0.4, 0.5) is 0 Å². The van der Waals surface area contributed by atoms with Crippen LogP contribution in [-0.2, 0) is 4.79 Å². The fraction of sp³-hybridized carbons (Fsp3) is 0.889. The Hall–Kier alpha value is -0.370. The summed E-state index contributed by atoms with van der Waals surface area (Å²) in [6.45, 7) is 0.302. The second kappa shape index (κ2) is 4.50. The van der Waals surface area contributed by atoms with E-state index < -0.39 is 0 Å². The number of aliphatic hydroxyl groups is 1. The molecule has 2 heteroatoms. The van der Waals surface area contributed by atoms with Crippen molar-refractivity contribution in [2.45, 2.75) is 32.1 Å². The van der Waals surface area contributed by atoms with Gasteiger partial charge in [0.25, 0.3) is 0 Å². The molecular formula is C9H16O2. The highest BCUT2D eigenvalue weighted by Gasteiger charge is 2.19. The molecule has 0 unspecified atom stereocenters. The molecule has 1 aliphatic rings. The number of rotatable bonds is 3. The van der Waals surface area contributed by atoms with Gasteiger partial charge in [-0.05, 0) is 38.0 Å². The minimum Gasteiger partial charge on any atom is -0.396 e. The van der Waals surface area contributed by atoms with Gasteiger partial charge in [0.05, 0.1) is 0 Å². The molecule has 1 aliphatic carbocycles. The van der Waals surface area contributed by atoms with E-state index in [9.17, 15) is 4.79 Å². The van der Waals surface area contributed by atoms with E-state index in [2.05, 4.69) is 0 Å². The van der Waals surface area contributed by atoms with Crippen molar-refractivity contribution in [3.8, 4) is 0 Å². The van der Waals surface area contributed by atoms with Crippen molar-refractivity contribution in [3.05, 3.63) is 0 Å².